The number of rotatable bonds is 6. The summed E-state index contributed by atoms with van der Waals surface area (Å²) in [7, 11) is 0. The van der Waals surface area contributed by atoms with Crippen molar-refractivity contribution in [1.29, 1.82) is 0 Å². The fourth-order valence-corrected chi connectivity index (χ4v) is 3.71. The van der Waals surface area contributed by atoms with Crippen molar-refractivity contribution in [2.75, 3.05) is 39.4 Å². The van der Waals surface area contributed by atoms with Gasteiger partial charge in [-0.3, -0.25) is 14.5 Å². The van der Waals surface area contributed by atoms with Crippen LogP contribution >= 0.6 is 0 Å². The molecule has 1 unspecified atom stereocenters. The van der Waals surface area contributed by atoms with E-state index in [9.17, 15) is 14.7 Å². The van der Waals surface area contributed by atoms with Crippen molar-refractivity contribution >= 4 is 11.7 Å². The Labute approximate surface area is 162 Å². The van der Waals surface area contributed by atoms with Gasteiger partial charge in [0, 0.05) is 26.2 Å². The van der Waals surface area contributed by atoms with E-state index < -0.39 is 23.5 Å². The lowest BCUT2D eigenvalue weighted by atomic mass is 9.95. The molecule has 2 aliphatic rings. The average Bonchev–Trinajstić information content (AvgIpc) is 3.36. The second-order valence-corrected chi connectivity index (χ2v) is 6.83. The van der Waals surface area contributed by atoms with E-state index in [0.717, 1.165) is 18.7 Å². The van der Waals surface area contributed by atoms with Gasteiger partial charge in [-0.15, -0.1) is 0 Å². The van der Waals surface area contributed by atoms with Gasteiger partial charge in [0.15, 0.2) is 11.5 Å². The van der Waals surface area contributed by atoms with Gasteiger partial charge >= 0.3 is 0 Å². The largest absolute Gasteiger partial charge is 0.503 e. The van der Waals surface area contributed by atoms with Gasteiger partial charge in [0.2, 0.25) is 5.78 Å². The first-order valence-corrected chi connectivity index (χ1v) is 9.34. The van der Waals surface area contributed by atoms with E-state index in [4.69, 9.17) is 9.15 Å². The zero-order valence-electron chi connectivity index (χ0n) is 15.4. The maximum Gasteiger partial charge on any atom is 0.290 e. The van der Waals surface area contributed by atoms with Crippen LogP contribution in [0.5, 0.6) is 0 Å². The quantitative estimate of drug-likeness (QED) is 0.771. The second-order valence-electron chi connectivity index (χ2n) is 6.83. The number of ketones is 1. The van der Waals surface area contributed by atoms with Crippen LogP contribution in [0.3, 0.4) is 0 Å². The van der Waals surface area contributed by atoms with Gasteiger partial charge < -0.3 is 19.2 Å². The van der Waals surface area contributed by atoms with E-state index in [0.29, 0.717) is 26.3 Å². The molecule has 3 heterocycles. The molecule has 0 bridgehead atoms. The first kappa shape index (κ1) is 18.5. The Kier molecular flexibility index (Phi) is 5.27. The molecule has 1 aromatic heterocycles. The van der Waals surface area contributed by atoms with Gasteiger partial charge in [-0.25, -0.2) is 0 Å². The molecule has 2 aromatic rings. The van der Waals surface area contributed by atoms with Gasteiger partial charge in [0.25, 0.3) is 5.91 Å². The lowest BCUT2D eigenvalue weighted by Gasteiger charge is -2.31. The fourth-order valence-electron chi connectivity index (χ4n) is 3.71. The predicted molar refractivity (Wildman–Crippen MR) is 101 cm³/mol. The van der Waals surface area contributed by atoms with E-state index in [-0.39, 0.29) is 11.3 Å². The number of hydrogen-bond acceptors (Lipinski definition) is 6. The van der Waals surface area contributed by atoms with Gasteiger partial charge in [0.05, 0.1) is 31.1 Å². The summed E-state index contributed by atoms with van der Waals surface area (Å²) >= 11 is 0. The molecule has 7 nitrogen and oxygen atoms in total. The Balaban J connectivity index is 1.64. The minimum atomic E-state index is -0.646. The molecule has 0 radical (unpaired) electrons. The monoisotopic (exact) mass is 382 g/mol. The average molecular weight is 382 g/mol. The number of morpholine rings is 1. The topological polar surface area (TPSA) is 83.2 Å². The first-order valence-electron chi connectivity index (χ1n) is 9.34. The fraction of sp³-hybridized carbons (Fsp3) is 0.333. The molecule has 146 valence electrons. The molecule has 7 heteroatoms. The molecule has 0 spiro atoms. The van der Waals surface area contributed by atoms with Crippen LogP contribution in [0.1, 0.15) is 22.2 Å². The van der Waals surface area contributed by atoms with Crippen molar-refractivity contribution < 1.29 is 23.8 Å². The van der Waals surface area contributed by atoms with Crippen LogP contribution in [0.25, 0.3) is 0 Å². The van der Waals surface area contributed by atoms with Crippen molar-refractivity contribution in [2.24, 2.45) is 0 Å². The van der Waals surface area contributed by atoms with Crippen molar-refractivity contribution in [2.45, 2.75) is 6.04 Å². The standard InChI is InChI=1S/C21H22N2O5/c24-19(16-7-4-12-28-16)17-18(15-5-2-1-3-6-15)23(21(26)20(17)25)9-8-22-10-13-27-14-11-22/h1-7,12,18,25H,8-11,13-14H2. The molecule has 0 aliphatic carbocycles. The minimum absolute atomic E-state index is 0.0631. The van der Waals surface area contributed by atoms with Crippen molar-refractivity contribution in [3.05, 3.63) is 71.4 Å². The third-order valence-electron chi connectivity index (χ3n) is 5.17. The number of furan rings is 1. The predicted octanol–water partition coefficient (Wildman–Crippen LogP) is 2.19. The zero-order valence-corrected chi connectivity index (χ0v) is 15.4. The van der Waals surface area contributed by atoms with Gasteiger partial charge in [-0.05, 0) is 17.7 Å². The molecule has 1 atom stereocenters. The Bertz CT molecular complexity index is 869. The Morgan fingerprint density at radius 1 is 1.07 bits per heavy atom. The summed E-state index contributed by atoms with van der Waals surface area (Å²) < 4.78 is 10.6. The van der Waals surface area contributed by atoms with Crippen LogP contribution in [-0.2, 0) is 9.53 Å². The molecular weight excluding hydrogens is 360 g/mol. The molecule has 1 saturated heterocycles. The molecule has 0 saturated carbocycles. The summed E-state index contributed by atoms with van der Waals surface area (Å²) in [5, 5.41) is 10.6. The zero-order chi connectivity index (χ0) is 19.5. The molecule has 1 amide bonds. The highest BCUT2D eigenvalue weighted by atomic mass is 16.5. The molecular formula is C21H22N2O5. The highest BCUT2D eigenvalue weighted by Gasteiger charge is 2.44. The van der Waals surface area contributed by atoms with Gasteiger partial charge in [0.1, 0.15) is 0 Å². The van der Waals surface area contributed by atoms with E-state index in [1.165, 1.54) is 12.3 Å². The SMILES string of the molecule is O=C(C1=C(O)C(=O)N(CCN2CCOCC2)C1c1ccccc1)c1ccco1. The first-order chi connectivity index (χ1) is 13.7. The molecule has 1 fully saturated rings. The summed E-state index contributed by atoms with van der Waals surface area (Å²) in [6.07, 6.45) is 1.40. The minimum Gasteiger partial charge on any atom is -0.503 e. The van der Waals surface area contributed by atoms with Crippen molar-refractivity contribution in [3.63, 3.8) is 0 Å². The highest BCUT2D eigenvalue weighted by Crippen LogP contribution is 2.38. The van der Waals surface area contributed by atoms with Gasteiger partial charge in [-0.1, -0.05) is 30.3 Å². The van der Waals surface area contributed by atoms with E-state index >= 15 is 0 Å². The van der Waals surface area contributed by atoms with Crippen LogP contribution in [0.2, 0.25) is 0 Å². The summed E-state index contributed by atoms with van der Waals surface area (Å²) in [6.45, 7) is 3.99. The lowest BCUT2D eigenvalue weighted by Crippen LogP contribution is -2.43. The van der Waals surface area contributed by atoms with E-state index in [1.807, 2.05) is 30.3 Å². The number of carbonyl (C=O) groups is 2. The number of benzene rings is 1. The summed E-state index contributed by atoms with van der Waals surface area (Å²) in [5.41, 5.74) is 0.838. The van der Waals surface area contributed by atoms with Crippen molar-refractivity contribution in [1.82, 2.24) is 9.80 Å². The summed E-state index contributed by atoms with van der Waals surface area (Å²) in [4.78, 5) is 29.6. The smallest absolute Gasteiger partial charge is 0.290 e. The number of ether oxygens (including phenoxy) is 1. The number of aliphatic hydroxyl groups is 1. The van der Waals surface area contributed by atoms with E-state index in [2.05, 4.69) is 4.90 Å². The molecule has 28 heavy (non-hydrogen) atoms. The number of aliphatic hydroxyl groups excluding tert-OH is 1. The molecule has 4 rings (SSSR count). The number of Topliss-reactive ketones (excluding diaryl/α,β-unsaturated/α-hetero) is 1. The summed E-state index contributed by atoms with van der Waals surface area (Å²) in [5.74, 6) is -1.40. The van der Waals surface area contributed by atoms with Crippen molar-refractivity contribution in [3.8, 4) is 0 Å². The maximum absolute atomic E-state index is 13.0. The lowest BCUT2D eigenvalue weighted by molar-refractivity contribution is -0.129. The van der Waals surface area contributed by atoms with Crippen LogP contribution in [0, 0.1) is 0 Å². The number of carbonyl (C=O) groups excluding carboxylic acids is 2. The Hall–Kier alpha value is -2.90. The number of hydrogen-bond donors (Lipinski definition) is 1. The molecule has 1 N–H and O–H groups in total. The second kappa shape index (κ2) is 8.00. The third-order valence-corrected chi connectivity index (χ3v) is 5.17. The Morgan fingerprint density at radius 2 is 1.82 bits per heavy atom. The van der Waals surface area contributed by atoms with Crippen LogP contribution in [-0.4, -0.2) is 66.0 Å². The maximum atomic E-state index is 13.0. The van der Waals surface area contributed by atoms with E-state index in [1.54, 1.807) is 11.0 Å². The van der Waals surface area contributed by atoms with Crippen LogP contribution in [0.4, 0.5) is 0 Å². The van der Waals surface area contributed by atoms with Crippen LogP contribution in [0.15, 0.2) is 64.5 Å². The number of nitrogens with zero attached hydrogens (tertiary/aromatic N) is 2. The molecule has 2 aliphatic heterocycles. The van der Waals surface area contributed by atoms with Gasteiger partial charge in [-0.2, -0.15) is 0 Å². The normalized spacial score (nSPS) is 20.8. The van der Waals surface area contributed by atoms with Crippen LogP contribution < -0.4 is 0 Å². The summed E-state index contributed by atoms with van der Waals surface area (Å²) in [6, 6.07) is 11.8. The number of amides is 1. The molecule has 1 aromatic carbocycles. The Morgan fingerprint density at radius 3 is 2.50 bits per heavy atom. The third kappa shape index (κ3) is 3.46. The highest BCUT2D eigenvalue weighted by molar-refractivity contribution is 6.15.